The Morgan fingerprint density at radius 3 is 2.54 bits per heavy atom. The topological polar surface area (TPSA) is 112 Å². The Kier molecular flexibility index (Phi) is 6.66. The molecule has 0 heterocycles. The second kappa shape index (κ2) is 8.47. The van der Waals surface area contributed by atoms with Crippen LogP contribution < -0.4 is 5.73 Å². The molecule has 6 nitrogen and oxygen atoms in total. The van der Waals surface area contributed by atoms with Crippen molar-refractivity contribution in [3.8, 4) is 0 Å². The molecular formula is C16H16F2N4O2. The summed E-state index contributed by atoms with van der Waals surface area (Å²) in [6, 6.07) is 3.32. The van der Waals surface area contributed by atoms with E-state index in [1.54, 1.807) is 6.92 Å². The third-order valence-electron chi connectivity index (χ3n) is 2.87. The van der Waals surface area contributed by atoms with Gasteiger partial charge < -0.3 is 10.5 Å². The van der Waals surface area contributed by atoms with E-state index in [0.717, 1.165) is 24.3 Å². The van der Waals surface area contributed by atoms with Gasteiger partial charge in [0, 0.05) is 11.6 Å². The lowest BCUT2D eigenvalue weighted by Gasteiger charge is -2.09. The Balaban J connectivity index is 2.84. The van der Waals surface area contributed by atoms with Gasteiger partial charge in [0.05, 0.1) is 5.70 Å². The molecule has 126 valence electrons. The number of primary amides is 1. The van der Waals surface area contributed by atoms with E-state index >= 15 is 0 Å². The van der Waals surface area contributed by atoms with Crippen LogP contribution in [0.2, 0.25) is 0 Å². The van der Waals surface area contributed by atoms with Crippen LogP contribution in [0.25, 0.3) is 5.70 Å². The number of benzene rings is 1. The second-order valence-electron chi connectivity index (χ2n) is 4.68. The highest BCUT2D eigenvalue weighted by Gasteiger charge is 2.09. The highest BCUT2D eigenvalue weighted by Crippen LogP contribution is 2.22. The predicted molar refractivity (Wildman–Crippen MR) is 88.2 cm³/mol. The number of rotatable bonds is 7. The van der Waals surface area contributed by atoms with Crippen molar-refractivity contribution in [2.24, 2.45) is 10.7 Å². The highest BCUT2D eigenvalue weighted by molar-refractivity contribution is 6.41. The number of carbonyl (C=O) groups excluding carboxylic acids is 1. The molecule has 1 aromatic carbocycles. The van der Waals surface area contributed by atoms with Crippen LogP contribution in [0.1, 0.15) is 12.5 Å². The Morgan fingerprint density at radius 2 is 2.00 bits per heavy atom. The Morgan fingerprint density at radius 1 is 1.33 bits per heavy atom. The predicted octanol–water partition coefficient (Wildman–Crippen LogP) is 2.45. The Labute approximate surface area is 137 Å². The molecular weight excluding hydrogens is 318 g/mol. The number of ether oxygens (including phenoxy) is 1. The normalized spacial score (nSPS) is 11.8. The minimum Gasteiger partial charge on any atom is -0.473 e. The fourth-order valence-corrected chi connectivity index (χ4v) is 1.66. The Hall–Kier alpha value is -3.16. The number of hydrogen-bond acceptors (Lipinski definition) is 5. The average Bonchev–Trinajstić information content (AvgIpc) is 2.54. The van der Waals surface area contributed by atoms with Gasteiger partial charge in [-0.3, -0.25) is 20.6 Å². The molecule has 0 saturated carbocycles. The maximum atomic E-state index is 13.3. The molecule has 8 heteroatoms. The summed E-state index contributed by atoms with van der Waals surface area (Å²) < 4.78 is 31.4. The van der Waals surface area contributed by atoms with E-state index < -0.39 is 23.3 Å². The second-order valence-corrected chi connectivity index (χ2v) is 4.68. The van der Waals surface area contributed by atoms with Crippen LogP contribution in [0.5, 0.6) is 0 Å². The summed E-state index contributed by atoms with van der Waals surface area (Å²) in [6.07, 6.45) is 2.13. The van der Waals surface area contributed by atoms with Crippen molar-refractivity contribution < 1.29 is 18.3 Å². The van der Waals surface area contributed by atoms with E-state index in [-0.39, 0.29) is 12.5 Å². The number of aliphatic imine (C=N–C) groups is 1. The summed E-state index contributed by atoms with van der Waals surface area (Å²) in [7, 11) is 0. The number of nitrogens with zero attached hydrogens (tertiary/aromatic N) is 1. The van der Waals surface area contributed by atoms with Crippen molar-refractivity contribution in [2.75, 3.05) is 6.61 Å². The van der Waals surface area contributed by atoms with Gasteiger partial charge >= 0.3 is 0 Å². The van der Waals surface area contributed by atoms with E-state index in [9.17, 15) is 13.6 Å². The van der Waals surface area contributed by atoms with Crippen molar-refractivity contribution in [1.82, 2.24) is 0 Å². The lowest BCUT2D eigenvalue weighted by atomic mass is 10.1. The molecule has 0 aliphatic carbocycles. The highest BCUT2D eigenvalue weighted by atomic mass is 19.2. The van der Waals surface area contributed by atoms with Crippen molar-refractivity contribution in [3.05, 3.63) is 53.1 Å². The zero-order chi connectivity index (χ0) is 18.3. The quantitative estimate of drug-likeness (QED) is 0.525. The van der Waals surface area contributed by atoms with Crippen LogP contribution in [0.4, 0.5) is 8.78 Å². The van der Waals surface area contributed by atoms with E-state index in [2.05, 4.69) is 11.7 Å². The number of halogens is 2. The lowest BCUT2D eigenvalue weighted by molar-refractivity contribution is -0.111. The first kappa shape index (κ1) is 18.9. The summed E-state index contributed by atoms with van der Waals surface area (Å²) >= 11 is 0. The molecule has 0 spiro atoms. The van der Waals surface area contributed by atoms with Gasteiger partial charge in [-0.05, 0) is 43.5 Å². The third kappa shape index (κ3) is 5.24. The van der Waals surface area contributed by atoms with Crippen LogP contribution in [-0.2, 0) is 9.53 Å². The van der Waals surface area contributed by atoms with Crippen LogP contribution in [0, 0.1) is 22.5 Å². The van der Waals surface area contributed by atoms with Crippen LogP contribution in [0.3, 0.4) is 0 Å². The largest absolute Gasteiger partial charge is 0.473 e. The molecule has 0 unspecified atom stereocenters. The zero-order valence-electron chi connectivity index (χ0n) is 12.9. The van der Waals surface area contributed by atoms with Gasteiger partial charge in [0.25, 0.3) is 5.91 Å². The molecule has 1 amide bonds. The van der Waals surface area contributed by atoms with E-state index in [1.807, 2.05) is 0 Å². The summed E-state index contributed by atoms with van der Waals surface area (Å²) in [6.45, 7) is 4.95. The van der Waals surface area contributed by atoms with Gasteiger partial charge in [0.15, 0.2) is 11.6 Å². The summed E-state index contributed by atoms with van der Waals surface area (Å²) in [5.41, 5.74) is 5.56. The molecule has 0 atom stereocenters. The van der Waals surface area contributed by atoms with E-state index in [4.69, 9.17) is 21.3 Å². The van der Waals surface area contributed by atoms with Gasteiger partial charge in [-0.25, -0.2) is 8.78 Å². The van der Waals surface area contributed by atoms with Crippen molar-refractivity contribution in [2.45, 2.75) is 6.92 Å². The van der Waals surface area contributed by atoms with Crippen molar-refractivity contribution in [3.63, 3.8) is 0 Å². The monoisotopic (exact) mass is 334 g/mol. The summed E-state index contributed by atoms with van der Waals surface area (Å²) in [4.78, 5) is 14.4. The fourth-order valence-electron chi connectivity index (χ4n) is 1.66. The fraction of sp³-hybridized carbons (Fsp3) is 0.125. The summed E-state index contributed by atoms with van der Waals surface area (Å²) in [5, 5.41) is 14.7. The first-order valence-corrected chi connectivity index (χ1v) is 6.66. The molecule has 1 aromatic rings. The molecule has 1 rings (SSSR count). The number of nitrogens with two attached hydrogens (primary N) is 1. The van der Waals surface area contributed by atoms with Crippen LogP contribution in [-0.4, -0.2) is 30.8 Å². The summed E-state index contributed by atoms with van der Waals surface area (Å²) in [5.74, 6) is -3.22. The zero-order valence-corrected chi connectivity index (χ0v) is 12.9. The number of amides is 1. The number of carbonyl (C=O) groups is 1. The molecule has 0 saturated heterocycles. The molecule has 24 heavy (non-hydrogen) atoms. The van der Waals surface area contributed by atoms with Crippen LogP contribution >= 0.6 is 0 Å². The minimum absolute atomic E-state index is 0.0690. The maximum absolute atomic E-state index is 13.3. The first-order valence-electron chi connectivity index (χ1n) is 6.66. The van der Waals surface area contributed by atoms with E-state index in [0.29, 0.717) is 16.8 Å². The molecule has 0 aliphatic rings. The minimum atomic E-state index is -1.01. The molecule has 0 bridgehead atoms. The molecule has 0 aliphatic heterocycles. The molecule has 4 N–H and O–H groups in total. The van der Waals surface area contributed by atoms with Gasteiger partial charge in [-0.15, -0.1) is 0 Å². The molecule has 0 radical (unpaired) electrons. The Bertz CT molecular complexity index is 754. The smallest absolute Gasteiger partial charge is 0.266 e. The van der Waals surface area contributed by atoms with Gasteiger partial charge in [-0.2, -0.15) is 0 Å². The molecule has 0 aromatic heterocycles. The van der Waals surface area contributed by atoms with Crippen molar-refractivity contribution >= 4 is 29.9 Å². The maximum Gasteiger partial charge on any atom is 0.266 e. The average molecular weight is 334 g/mol. The van der Waals surface area contributed by atoms with Gasteiger partial charge in [0.1, 0.15) is 12.3 Å². The lowest BCUT2D eigenvalue weighted by Crippen LogP contribution is -2.20. The van der Waals surface area contributed by atoms with Crippen molar-refractivity contribution in [1.29, 1.82) is 10.8 Å². The van der Waals surface area contributed by atoms with Gasteiger partial charge in [-0.1, -0.05) is 0 Å². The standard InChI is InChI=1S/C16H16F2N4O2/c1-9(8-24-14(20)6-5-13(19)16(21)23)15(22-2)10-3-4-11(17)12(18)7-10/h3-7,19-20H,2,8H2,1H3,(H2,21,23). The SMILES string of the molecule is C=NC(=C(C)COC(=N)C=CC(=N)C(N)=O)c1ccc(F)c(F)c1. The number of nitrogens with one attached hydrogen (secondary N) is 2. The number of hydrogen-bond donors (Lipinski definition) is 3. The van der Waals surface area contributed by atoms with Gasteiger partial charge in [0.2, 0.25) is 5.90 Å². The van der Waals surface area contributed by atoms with Crippen LogP contribution in [0.15, 0.2) is 40.9 Å². The third-order valence-corrected chi connectivity index (χ3v) is 2.87. The molecule has 0 fully saturated rings. The first-order chi connectivity index (χ1) is 11.3. The van der Waals surface area contributed by atoms with E-state index in [1.165, 1.54) is 6.07 Å².